The summed E-state index contributed by atoms with van der Waals surface area (Å²) in [4.78, 5) is 1.13. The van der Waals surface area contributed by atoms with Crippen LogP contribution >= 0.6 is 23.1 Å². The van der Waals surface area contributed by atoms with Gasteiger partial charge in [0.2, 0.25) is 0 Å². The van der Waals surface area contributed by atoms with Gasteiger partial charge in [-0.3, -0.25) is 0 Å². The van der Waals surface area contributed by atoms with Gasteiger partial charge in [0, 0.05) is 16.7 Å². The van der Waals surface area contributed by atoms with Crippen molar-refractivity contribution in [2.75, 3.05) is 12.3 Å². The predicted octanol–water partition coefficient (Wildman–Crippen LogP) is 4.59. The topological polar surface area (TPSA) is 12.0 Å². The Balaban J connectivity index is 1.87. The molecule has 1 unspecified atom stereocenters. The molecule has 0 saturated heterocycles. The Kier molecular flexibility index (Phi) is 6.57. The first-order valence-corrected chi connectivity index (χ1v) is 8.83. The van der Waals surface area contributed by atoms with E-state index in [9.17, 15) is 4.39 Å². The number of nitrogens with one attached hydrogen (secondary N) is 1. The van der Waals surface area contributed by atoms with Crippen molar-refractivity contribution in [1.29, 1.82) is 0 Å². The molecule has 20 heavy (non-hydrogen) atoms. The summed E-state index contributed by atoms with van der Waals surface area (Å²) in [5.74, 6) is 0.829. The first-order valence-electron chi connectivity index (χ1n) is 6.90. The minimum absolute atomic E-state index is 0.173. The van der Waals surface area contributed by atoms with E-state index in [0.29, 0.717) is 6.04 Å². The molecule has 1 N–H and O–H groups in total. The Labute approximate surface area is 128 Å². The SMILES string of the molecule is CCCNC(CSc1ccc(F)cc1)Cc1ccsc1. The van der Waals surface area contributed by atoms with E-state index in [0.717, 1.165) is 30.0 Å². The summed E-state index contributed by atoms with van der Waals surface area (Å²) in [7, 11) is 0. The molecule has 0 saturated carbocycles. The minimum Gasteiger partial charge on any atom is -0.313 e. The standard InChI is InChI=1S/C16H20FNS2/c1-2-8-18-15(10-13-7-9-19-11-13)12-20-16-5-3-14(17)4-6-16/h3-7,9,11,15,18H,2,8,10,12H2,1H3. The van der Waals surface area contributed by atoms with Crippen LogP contribution in [-0.4, -0.2) is 18.3 Å². The molecular formula is C16H20FNS2. The molecule has 1 heterocycles. The summed E-state index contributed by atoms with van der Waals surface area (Å²) in [6.45, 7) is 3.22. The third-order valence-electron chi connectivity index (χ3n) is 3.01. The van der Waals surface area contributed by atoms with Gasteiger partial charge in [-0.25, -0.2) is 4.39 Å². The molecule has 1 nitrogen and oxygen atoms in total. The fraction of sp³-hybridized carbons (Fsp3) is 0.375. The van der Waals surface area contributed by atoms with Crippen molar-refractivity contribution in [2.45, 2.75) is 30.7 Å². The van der Waals surface area contributed by atoms with Gasteiger partial charge in [0.05, 0.1) is 0 Å². The summed E-state index contributed by atoms with van der Waals surface area (Å²) in [5, 5.41) is 7.93. The van der Waals surface area contributed by atoms with E-state index in [-0.39, 0.29) is 5.82 Å². The fourth-order valence-electron chi connectivity index (χ4n) is 1.96. The maximum Gasteiger partial charge on any atom is 0.123 e. The number of hydrogen-bond acceptors (Lipinski definition) is 3. The largest absolute Gasteiger partial charge is 0.313 e. The zero-order chi connectivity index (χ0) is 14.2. The number of hydrogen-bond donors (Lipinski definition) is 1. The maximum atomic E-state index is 12.9. The van der Waals surface area contributed by atoms with Gasteiger partial charge in [0.1, 0.15) is 5.82 Å². The highest BCUT2D eigenvalue weighted by Gasteiger charge is 2.10. The highest BCUT2D eigenvalue weighted by atomic mass is 32.2. The first kappa shape index (κ1) is 15.5. The van der Waals surface area contributed by atoms with Gasteiger partial charge in [0.25, 0.3) is 0 Å². The molecule has 0 spiro atoms. The molecular weight excluding hydrogens is 289 g/mol. The van der Waals surface area contributed by atoms with Crippen molar-refractivity contribution in [3.8, 4) is 0 Å². The number of halogens is 1. The summed E-state index contributed by atoms with van der Waals surface area (Å²) in [6.07, 6.45) is 2.19. The molecule has 1 atom stereocenters. The van der Waals surface area contributed by atoms with Crippen LogP contribution in [0.3, 0.4) is 0 Å². The van der Waals surface area contributed by atoms with E-state index in [1.165, 1.54) is 17.7 Å². The average Bonchev–Trinajstić information content (AvgIpc) is 2.96. The molecule has 1 aromatic carbocycles. The summed E-state index contributed by atoms with van der Waals surface area (Å²) >= 11 is 3.53. The van der Waals surface area contributed by atoms with Crippen LogP contribution < -0.4 is 5.32 Å². The van der Waals surface area contributed by atoms with Crippen LogP contribution in [0, 0.1) is 5.82 Å². The van der Waals surface area contributed by atoms with Gasteiger partial charge in [-0.2, -0.15) is 11.3 Å². The molecule has 2 rings (SSSR count). The normalized spacial score (nSPS) is 12.5. The Hall–Kier alpha value is -0.840. The van der Waals surface area contributed by atoms with Crippen LogP contribution in [-0.2, 0) is 6.42 Å². The number of benzene rings is 1. The summed E-state index contributed by atoms with van der Waals surface area (Å²) in [6, 6.07) is 9.39. The lowest BCUT2D eigenvalue weighted by Gasteiger charge is -2.17. The molecule has 0 aliphatic carbocycles. The van der Waals surface area contributed by atoms with E-state index < -0.39 is 0 Å². The fourth-order valence-corrected chi connectivity index (χ4v) is 3.60. The number of thioether (sulfide) groups is 1. The molecule has 2 aromatic rings. The molecule has 0 bridgehead atoms. The van der Waals surface area contributed by atoms with Crippen LogP contribution in [0.25, 0.3) is 0 Å². The molecule has 0 radical (unpaired) electrons. The lowest BCUT2D eigenvalue weighted by Crippen LogP contribution is -2.33. The Morgan fingerprint density at radius 2 is 2.05 bits per heavy atom. The third-order valence-corrected chi connectivity index (χ3v) is 4.92. The van der Waals surface area contributed by atoms with Crippen LogP contribution in [0.5, 0.6) is 0 Å². The van der Waals surface area contributed by atoms with E-state index in [4.69, 9.17) is 0 Å². The van der Waals surface area contributed by atoms with Crippen molar-refractivity contribution in [3.05, 3.63) is 52.5 Å². The molecule has 1 aromatic heterocycles. The van der Waals surface area contributed by atoms with E-state index in [2.05, 4.69) is 29.1 Å². The molecule has 0 aliphatic heterocycles. The van der Waals surface area contributed by atoms with Crippen LogP contribution in [0.15, 0.2) is 46.0 Å². The maximum absolute atomic E-state index is 12.9. The summed E-state index contributed by atoms with van der Waals surface area (Å²) < 4.78 is 12.9. The van der Waals surface area contributed by atoms with E-state index in [1.807, 2.05) is 12.1 Å². The highest BCUT2D eigenvalue weighted by Crippen LogP contribution is 2.20. The monoisotopic (exact) mass is 309 g/mol. The van der Waals surface area contributed by atoms with Crippen molar-refractivity contribution in [3.63, 3.8) is 0 Å². The second-order valence-corrected chi connectivity index (χ2v) is 6.63. The van der Waals surface area contributed by atoms with E-state index in [1.54, 1.807) is 23.1 Å². The van der Waals surface area contributed by atoms with Gasteiger partial charge < -0.3 is 5.32 Å². The zero-order valence-corrected chi connectivity index (χ0v) is 13.3. The lowest BCUT2D eigenvalue weighted by atomic mass is 10.1. The smallest absolute Gasteiger partial charge is 0.123 e. The minimum atomic E-state index is -0.173. The van der Waals surface area contributed by atoms with E-state index >= 15 is 0 Å². The quantitative estimate of drug-likeness (QED) is 0.716. The lowest BCUT2D eigenvalue weighted by molar-refractivity contribution is 0.550. The van der Waals surface area contributed by atoms with Crippen molar-refractivity contribution in [2.24, 2.45) is 0 Å². The molecule has 0 fully saturated rings. The van der Waals surface area contributed by atoms with Gasteiger partial charge in [-0.15, -0.1) is 11.8 Å². The Morgan fingerprint density at radius 1 is 1.25 bits per heavy atom. The summed E-state index contributed by atoms with van der Waals surface area (Å²) in [5.41, 5.74) is 1.39. The molecule has 4 heteroatoms. The second kappa shape index (κ2) is 8.45. The number of thiophene rings is 1. The van der Waals surface area contributed by atoms with Crippen molar-refractivity contribution in [1.82, 2.24) is 5.32 Å². The molecule has 0 amide bonds. The Bertz CT molecular complexity index is 482. The first-order chi connectivity index (χ1) is 9.78. The zero-order valence-electron chi connectivity index (χ0n) is 11.6. The Morgan fingerprint density at radius 3 is 2.70 bits per heavy atom. The molecule has 0 aliphatic rings. The van der Waals surface area contributed by atoms with Crippen LogP contribution in [0.4, 0.5) is 4.39 Å². The molecule has 108 valence electrons. The van der Waals surface area contributed by atoms with Gasteiger partial charge >= 0.3 is 0 Å². The predicted molar refractivity (Wildman–Crippen MR) is 87.2 cm³/mol. The second-order valence-electron chi connectivity index (χ2n) is 4.75. The average molecular weight is 309 g/mol. The third kappa shape index (κ3) is 5.27. The van der Waals surface area contributed by atoms with Crippen molar-refractivity contribution < 1.29 is 4.39 Å². The number of rotatable bonds is 8. The van der Waals surface area contributed by atoms with Gasteiger partial charge in [-0.05, 0) is 66.0 Å². The van der Waals surface area contributed by atoms with Crippen LogP contribution in [0.2, 0.25) is 0 Å². The van der Waals surface area contributed by atoms with Gasteiger partial charge in [0.15, 0.2) is 0 Å². The highest BCUT2D eigenvalue weighted by molar-refractivity contribution is 7.99. The van der Waals surface area contributed by atoms with Crippen molar-refractivity contribution >= 4 is 23.1 Å². The van der Waals surface area contributed by atoms with Gasteiger partial charge in [-0.1, -0.05) is 6.92 Å². The van der Waals surface area contributed by atoms with Crippen LogP contribution in [0.1, 0.15) is 18.9 Å².